The molecule has 1 N–H and O–H groups in total. The zero-order valence-corrected chi connectivity index (χ0v) is 20.6. The smallest absolute Gasteiger partial charge is 0.143 e. The van der Waals surface area contributed by atoms with E-state index in [1.54, 1.807) is 0 Å². The summed E-state index contributed by atoms with van der Waals surface area (Å²) in [5.74, 6) is 1.70. The molecule has 0 aliphatic heterocycles. The molecule has 0 aromatic heterocycles. The molecule has 162 valence electrons. The van der Waals surface area contributed by atoms with Crippen LogP contribution in [-0.4, -0.2) is 22.2 Å². The van der Waals surface area contributed by atoms with Gasteiger partial charge in [0, 0.05) is 21.6 Å². The van der Waals surface area contributed by atoms with Crippen molar-refractivity contribution in [3.8, 4) is 0 Å². The minimum Gasteiger partial charge on any atom is -0.392 e. The number of aliphatic hydroxyl groups excluding tert-OH is 1. The topological polar surface area (TPSA) is 37.3 Å². The number of halogens is 1. The van der Waals surface area contributed by atoms with Crippen molar-refractivity contribution in [1.82, 2.24) is 0 Å². The quantitative estimate of drug-likeness (QED) is 0.401. The minimum absolute atomic E-state index is 0.214. The van der Waals surface area contributed by atoms with E-state index in [4.69, 9.17) is 0 Å². The van der Waals surface area contributed by atoms with E-state index in [9.17, 15) is 9.67 Å². The summed E-state index contributed by atoms with van der Waals surface area (Å²) in [5.41, 5.74) is 0.274. The second kappa shape index (κ2) is 8.93. The molecule has 2 fully saturated rings. The maximum atomic E-state index is 14.4. The fraction of sp³-hybridized carbons (Fsp3) is 0.538. The maximum absolute atomic E-state index is 14.4. The summed E-state index contributed by atoms with van der Waals surface area (Å²) in [4.78, 5) is 0.216. The molecule has 0 unspecified atom stereocenters. The van der Waals surface area contributed by atoms with Crippen LogP contribution in [0.2, 0.25) is 0 Å². The van der Waals surface area contributed by atoms with Gasteiger partial charge in [-0.15, -0.1) is 0 Å². The summed E-state index contributed by atoms with van der Waals surface area (Å²) in [5, 5.41) is 12.3. The lowest BCUT2D eigenvalue weighted by Gasteiger charge is -2.47. The summed E-state index contributed by atoms with van der Waals surface area (Å²) in [7, 11) is -2.65. The zero-order valence-electron chi connectivity index (χ0n) is 18.1. The molecule has 0 radical (unpaired) electrons. The van der Waals surface area contributed by atoms with Gasteiger partial charge in [0.1, 0.15) is 7.14 Å². The van der Waals surface area contributed by atoms with E-state index in [1.165, 1.54) is 12.8 Å². The van der Waals surface area contributed by atoms with Crippen LogP contribution in [0.1, 0.15) is 46.0 Å². The summed E-state index contributed by atoms with van der Waals surface area (Å²) in [6.07, 6.45) is 5.88. The lowest BCUT2D eigenvalue weighted by molar-refractivity contribution is 0.00994. The number of alkyl halides is 1. The van der Waals surface area contributed by atoms with Crippen molar-refractivity contribution in [2.75, 3.05) is 6.16 Å². The molecule has 0 bridgehead atoms. The Morgan fingerprint density at radius 2 is 1.60 bits per heavy atom. The van der Waals surface area contributed by atoms with E-state index in [0.717, 1.165) is 36.0 Å². The van der Waals surface area contributed by atoms with Crippen LogP contribution in [0.5, 0.6) is 0 Å². The Morgan fingerprint density at radius 1 is 1.03 bits per heavy atom. The second-order valence-electron chi connectivity index (χ2n) is 9.75. The van der Waals surface area contributed by atoms with Gasteiger partial charge in [-0.3, -0.25) is 0 Å². The van der Waals surface area contributed by atoms with Gasteiger partial charge in [0.05, 0.1) is 6.10 Å². The van der Waals surface area contributed by atoms with E-state index < -0.39 is 7.14 Å². The van der Waals surface area contributed by atoms with E-state index in [0.29, 0.717) is 17.8 Å². The third kappa shape index (κ3) is 3.98. The number of aliphatic hydroxyl groups is 1. The van der Waals surface area contributed by atoms with Crippen LogP contribution < -0.4 is 10.6 Å². The fourth-order valence-corrected chi connectivity index (χ4v) is 10.4. The molecule has 0 amide bonds. The summed E-state index contributed by atoms with van der Waals surface area (Å²) >= 11 is 3.81. The molecule has 4 heteroatoms. The Bertz CT molecular complexity index is 843. The van der Waals surface area contributed by atoms with Crippen LogP contribution in [0.3, 0.4) is 0 Å². The lowest BCUT2D eigenvalue weighted by atomic mass is 9.62. The van der Waals surface area contributed by atoms with Crippen molar-refractivity contribution >= 4 is 33.7 Å². The van der Waals surface area contributed by atoms with E-state index in [-0.39, 0.29) is 16.3 Å². The minimum atomic E-state index is -2.65. The molecule has 2 aromatic rings. The largest absolute Gasteiger partial charge is 0.392 e. The Morgan fingerprint density at radius 3 is 2.17 bits per heavy atom. The van der Waals surface area contributed by atoms with Gasteiger partial charge in [-0.2, -0.15) is 0 Å². The standard InChI is InChI=1S/C26H34BrO2P/c1-19(22-13-14-23-25(27)24(28)15-17-26(22,23)2)16-18-30(29,20-9-5-3-6-10-20)21-11-7-4-8-12-21/h3-12,19,22-25,28H,13-18H2,1-2H3/t19-,22-,23+,24+,25+,26-/m1/s1. The molecule has 0 spiro atoms. The second-order valence-corrected chi connectivity index (χ2v) is 13.8. The average molecular weight is 489 g/mol. The Balaban J connectivity index is 1.54. The molecule has 2 saturated carbocycles. The number of rotatable bonds is 6. The van der Waals surface area contributed by atoms with E-state index >= 15 is 0 Å². The first-order valence-corrected chi connectivity index (χ1v) is 14.2. The van der Waals surface area contributed by atoms with Gasteiger partial charge in [0.25, 0.3) is 0 Å². The fourth-order valence-electron chi connectivity index (χ4n) is 6.34. The Hall–Kier alpha value is -0.890. The predicted molar refractivity (Wildman–Crippen MR) is 131 cm³/mol. The normalized spacial score (nSPS) is 32.5. The zero-order chi connectivity index (χ0) is 21.4. The van der Waals surface area contributed by atoms with Crippen molar-refractivity contribution in [2.24, 2.45) is 23.2 Å². The van der Waals surface area contributed by atoms with Gasteiger partial charge in [0.2, 0.25) is 0 Å². The van der Waals surface area contributed by atoms with Crippen molar-refractivity contribution in [3.63, 3.8) is 0 Å². The molecular weight excluding hydrogens is 455 g/mol. The summed E-state index contributed by atoms with van der Waals surface area (Å²) in [6.45, 7) is 4.81. The molecule has 0 heterocycles. The van der Waals surface area contributed by atoms with Gasteiger partial charge < -0.3 is 9.67 Å². The highest BCUT2D eigenvalue weighted by Crippen LogP contribution is 2.60. The highest BCUT2D eigenvalue weighted by atomic mass is 79.9. The molecule has 0 saturated heterocycles. The van der Waals surface area contributed by atoms with E-state index in [2.05, 4.69) is 29.8 Å². The highest BCUT2D eigenvalue weighted by molar-refractivity contribution is 9.09. The van der Waals surface area contributed by atoms with E-state index in [1.807, 2.05) is 60.7 Å². The number of fused-ring (bicyclic) bond motifs is 1. The highest BCUT2D eigenvalue weighted by Gasteiger charge is 2.54. The first kappa shape index (κ1) is 22.3. The number of benzene rings is 2. The molecule has 30 heavy (non-hydrogen) atoms. The van der Waals surface area contributed by atoms with Gasteiger partial charge in [0.15, 0.2) is 0 Å². The predicted octanol–water partition coefficient (Wildman–Crippen LogP) is 5.98. The van der Waals surface area contributed by atoms with Crippen LogP contribution in [0.4, 0.5) is 0 Å². The molecule has 6 atom stereocenters. The van der Waals surface area contributed by atoms with Gasteiger partial charge in [-0.05, 0) is 55.3 Å². The van der Waals surface area contributed by atoms with Crippen molar-refractivity contribution in [1.29, 1.82) is 0 Å². The van der Waals surface area contributed by atoms with Gasteiger partial charge in [-0.25, -0.2) is 0 Å². The molecule has 2 nitrogen and oxygen atoms in total. The average Bonchev–Trinajstić information content (AvgIpc) is 3.14. The number of hydrogen-bond donors (Lipinski definition) is 1. The monoisotopic (exact) mass is 488 g/mol. The summed E-state index contributed by atoms with van der Waals surface area (Å²) < 4.78 is 14.4. The third-order valence-electron chi connectivity index (χ3n) is 8.15. The van der Waals surface area contributed by atoms with Gasteiger partial charge >= 0.3 is 0 Å². The first-order valence-electron chi connectivity index (χ1n) is 11.4. The third-order valence-corrected chi connectivity index (χ3v) is 12.5. The van der Waals surface area contributed by atoms with Crippen LogP contribution in [0, 0.1) is 23.2 Å². The lowest BCUT2D eigenvalue weighted by Crippen LogP contribution is -2.45. The van der Waals surface area contributed by atoms with Crippen LogP contribution >= 0.6 is 23.1 Å². The Labute approximate surface area is 190 Å². The first-order chi connectivity index (χ1) is 14.4. The summed E-state index contributed by atoms with van der Waals surface area (Å²) in [6, 6.07) is 20.1. The van der Waals surface area contributed by atoms with Crippen molar-refractivity contribution < 1.29 is 9.67 Å². The molecule has 2 aliphatic carbocycles. The SMILES string of the molecule is C[C@H](CCP(=O)(c1ccccc1)c1ccccc1)[C@H]1CC[C@H]2[C@H](Br)[C@@H](O)CC[C@]12C. The van der Waals surface area contributed by atoms with Crippen LogP contribution in [0.15, 0.2) is 60.7 Å². The van der Waals surface area contributed by atoms with Crippen molar-refractivity contribution in [3.05, 3.63) is 60.7 Å². The van der Waals surface area contributed by atoms with Crippen LogP contribution in [0.25, 0.3) is 0 Å². The maximum Gasteiger partial charge on any atom is 0.143 e. The van der Waals surface area contributed by atoms with Crippen LogP contribution in [-0.2, 0) is 4.57 Å². The molecule has 4 rings (SSSR count). The molecular formula is C26H34BrO2P. The van der Waals surface area contributed by atoms with Crippen molar-refractivity contribution in [2.45, 2.75) is 56.9 Å². The van der Waals surface area contributed by atoms with Gasteiger partial charge in [-0.1, -0.05) is 90.4 Å². The molecule has 2 aromatic carbocycles. The number of hydrogen-bond acceptors (Lipinski definition) is 2. The Kier molecular flexibility index (Phi) is 6.64. The molecule has 2 aliphatic rings.